The van der Waals surface area contributed by atoms with E-state index in [9.17, 15) is 0 Å². The molecule has 100 valence electrons. The first-order chi connectivity index (χ1) is 9.45. The van der Waals surface area contributed by atoms with E-state index in [1.54, 1.807) is 0 Å². The number of halogens is 1. The normalized spacial score (nSPS) is 10.1. The van der Waals surface area contributed by atoms with Gasteiger partial charge in [-0.3, -0.25) is 0 Å². The lowest BCUT2D eigenvalue weighted by atomic mass is 9.85. The van der Waals surface area contributed by atoms with Gasteiger partial charge in [-0.15, -0.1) is 0 Å². The number of hydrogen-bond donors (Lipinski definition) is 0. The van der Waals surface area contributed by atoms with Gasteiger partial charge in [0.15, 0.2) is 0 Å². The van der Waals surface area contributed by atoms with Gasteiger partial charge in [0, 0.05) is 5.92 Å². The molecule has 0 unspecified atom stereocenters. The van der Waals surface area contributed by atoms with E-state index >= 15 is 0 Å². The van der Waals surface area contributed by atoms with Crippen LogP contribution in [0.25, 0.3) is 0 Å². The van der Waals surface area contributed by atoms with Crippen LogP contribution in [0.15, 0.2) is 91.0 Å². The van der Waals surface area contributed by atoms with Crippen molar-refractivity contribution >= 4 is 0 Å². The summed E-state index contributed by atoms with van der Waals surface area (Å²) >= 11 is 0. The highest BCUT2D eigenvalue weighted by Crippen LogP contribution is 2.31. The van der Waals surface area contributed by atoms with Gasteiger partial charge in [-0.25, -0.2) is 0 Å². The average molecular weight is 324 g/mol. The quantitative estimate of drug-likeness (QED) is 0.646. The Labute approximate surface area is 130 Å². The highest BCUT2D eigenvalue weighted by Gasteiger charge is 2.15. The summed E-state index contributed by atoms with van der Waals surface area (Å²) in [5, 5.41) is 0. The molecule has 0 atom stereocenters. The second-order valence-electron chi connectivity index (χ2n) is 4.67. The summed E-state index contributed by atoms with van der Waals surface area (Å²) in [5.74, 6) is 0.309. The van der Waals surface area contributed by atoms with Crippen molar-refractivity contribution in [3.8, 4) is 0 Å². The van der Waals surface area contributed by atoms with Crippen molar-refractivity contribution in [2.24, 2.45) is 0 Å². The predicted molar refractivity (Wildman–Crippen MR) is 80.3 cm³/mol. The van der Waals surface area contributed by atoms with E-state index < -0.39 is 0 Å². The van der Waals surface area contributed by atoms with Crippen LogP contribution in [-0.4, -0.2) is 0 Å². The van der Waals surface area contributed by atoms with E-state index in [1.807, 2.05) is 0 Å². The molecule has 20 heavy (non-hydrogen) atoms. The van der Waals surface area contributed by atoms with Crippen LogP contribution in [0.2, 0.25) is 0 Å². The summed E-state index contributed by atoms with van der Waals surface area (Å²) in [6.07, 6.45) is 0. The second kappa shape index (κ2) is 7.06. The molecule has 0 heterocycles. The SMILES string of the molecule is [Br-].c1ccc(C(c2ccccc2)c2ccccc2)cc1. The zero-order valence-corrected chi connectivity index (χ0v) is 12.7. The van der Waals surface area contributed by atoms with Crippen LogP contribution in [-0.2, 0) is 0 Å². The molecule has 0 N–H and O–H groups in total. The van der Waals surface area contributed by atoms with Crippen molar-refractivity contribution in [1.82, 2.24) is 0 Å². The summed E-state index contributed by atoms with van der Waals surface area (Å²) in [6, 6.07) is 32.0. The molecule has 0 aromatic heterocycles. The number of rotatable bonds is 3. The molecule has 3 aromatic carbocycles. The van der Waals surface area contributed by atoms with Gasteiger partial charge < -0.3 is 17.0 Å². The maximum Gasteiger partial charge on any atom is 0.0339 e. The Balaban J connectivity index is 0.00000147. The van der Waals surface area contributed by atoms with E-state index in [1.165, 1.54) is 16.7 Å². The Bertz CT molecular complexity index is 524. The Morgan fingerprint density at radius 2 is 0.650 bits per heavy atom. The number of benzene rings is 3. The van der Waals surface area contributed by atoms with E-state index in [2.05, 4.69) is 91.0 Å². The fourth-order valence-corrected chi connectivity index (χ4v) is 2.51. The first-order valence-electron chi connectivity index (χ1n) is 6.60. The molecule has 0 aliphatic carbocycles. The van der Waals surface area contributed by atoms with Gasteiger partial charge in [0.05, 0.1) is 0 Å². The molecule has 0 spiro atoms. The molecule has 0 bridgehead atoms. The highest BCUT2D eigenvalue weighted by molar-refractivity contribution is 5.42. The van der Waals surface area contributed by atoms with Crippen LogP contribution in [0.5, 0.6) is 0 Å². The molecule has 3 aromatic rings. The minimum Gasteiger partial charge on any atom is -1.00 e. The minimum absolute atomic E-state index is 0. The lowest BCUT2D eigenvalue weighted by molar-refractivity contribution is -0.00000370. The van der Waals surface area contributed by atoms with Crippen molar-refractivity contribution < 1.29 is 17.0 Å². The zero-order chi connectivity index (χ0) is 12.9. The molecule has 0 amide bonds. The highest BCUT2D eigenvalue weighted by atomic mass is 79.9. The maximum absolute atomic E-state index is 2.20. The summed E-state index contributed by atoms with van der Waals surface area (Å²) < 4.78 is 0. The Hall–Kier alpha value is -1.86. The third-order valence-electron chi connectivity index (χ3n) is 3.40. The van der Waals surface area contributed by atoms with Crippen LogP contribution >= 0.6 is 0 Å². The predicted octanol–water partition coefficient (Wildman–Crippen LogP) is 1.87. The first kappa shape index (κ1) is 14.5. The Morgan fingerprint density at radius 1 is 0.400 bits per heavy atom. The van der Waals surface area contributed by atoms with Crippen LogP contribution in [0.1, 0.15) is 22.6 Å². The van der Waals surface area contributed by atoms with Gasteiger partial charge in [-0.1, -0.05) is 91.0 Å². The van der Waals surface area contributed by atoms with Crippen molar-refractivity contribution in [3.63, 3.8) is 0 Å². The Morgan fingerprint density at radius 3 is 0.900 bits per heavy atom. The van der Waals surface area contributed by atoms with Crippen molar-refractivity contribution in [3.05, 3.63) is 108 Å². The molecular weight excluding hydrogens is 308 g/mol. The Kier molecular flexibility index (Phi) is 5.14. The van der Waals surface area contributed by atoms with Crippen LogP contribution in [0, 0.1) is 0 Å². The van der Waals surface area contributed by atoms with Gasteiger partial charge in [0.1, 0.15) is 0 Å². The number of hydrogen-bond acceptors (Lipinski definition) is 0. The maximum atomic E-state index is 2.20. The van der Waals surface area contributed by atoms with Crippen LogP contribution in [0.3, 0.4) is 0 Å². The third kappa shape index (κ3) is 3.17. The van der Waals surface area contributed by atoms with Gasteiger partial charge in [0.25, 0.3) is 0 Å². The smallest absolute Gasteiger partial charge is 0.0339 e. The van der Waals surface area contributed by atoms with E-state index in [-0.39, 0.29) is 17.0 Å². The van der Waals surface area contributed by atoms with E-state index in [0.717, 1.165) is 0 Å². The standard InChI is InChI=1S/C19H16.BrH/c1-4-10-16(11-5-1)19(17-12-6-2-7-13-17)18-14-8-3-9-15-18;/h1-15,19H;1H/p-1. The molecule has 0 aliphatic heterocycles. The van der Waals surface area contributed by atoms with Gasteiger partial charge in [0.2, 0.25) is 0 Å². The summed E-state index contributed by atoms with van der Waals surface area (Å²) in [6.45, 7) is 0. The zero-order valence-electron chi connectivity index (χ0n) is 11.1. The van der Waals surface area contributed by atoms with E-state index in [4.69, 9.17) is 0 Å². The lowest BCUT2D eigenvalue weighted by Gasteiger charge is -2.18. The fraction of sp³-hybridized carbons (Fsp3) is 0.0526. The summed E-state index contributed by atoms with van der Waals surface area (Å²) in [4.78, 5) is 0. The van der Waals surface area contributed by atoms with Crippen molar-refractivity contribution in [2.75, 3.05) is 0 Å². The van der Waals surface area contributed by atoms with Crippen molar-refractivity contribution in [2.45, 2.75) is 5.92 Å². The fourth-order valence-electron chi connectivity index (χ4n) is 2.51. The molecule has 1 heteroatoms. The summed E-state index contributed by atoms with van der Waals surface area (Å²) in [5.41, 5.74) is 4.00. The largest absolute Gasteiger partial charge is 1.00 e. The monoisotopic (exact) mass is 323 g/mol. The average Bonchev–Trinajstić information content (AvgIpc) is 2.51. The van der Waals surface area contributed by atoms with Crippen LogP contribution in [0.4, 0.5) is 0 Å². The lowest BCUT2D eigenvalue weighted by Crippen LogP contribution is -3.00. The second-order valence-corrected chi connectivity index (χ2v) is 4.67. The van der Waals surface area contributed by atoms with Gasteiger partial charge in [-0.05, 0) is 16.7 Å². The first-order valence-corrected chi connectivity index (χ1v) is 6.60. The summed E-state index contributed by atoms with van der Waals surface area (Å²) in [7, 11) is 0. The molecule has 0 fully saturated rings. The topological polar surface area (TPSA) is 0 Å². The van der Waals surface area contributed by atoms with Gasteiger partial charge in [-0.2, -0.15) is 0 Å². The molecule has 0 saturated carbocycles. The van der Waals surface area contributed by atoms with Crippen LogP contribution < -0.4 is 17.0 Å². The minimum atomic E-state index is 0. The molecule has 3 rings (SSSR count). The molecule has 0 saturated heterocycles. The molecule has 0 nitrogen and oxygen atoms in total. The molecular formula is C19H16Br-. The third-order valence-corrected chi connectivity index (χ3v) is 3.40. The van der Waals surface area contributed by atoms with Gasteiger partial charge >= 0.3 is 0 Å². The molecule has 0 radical (unpaired) electrons. The van der Waals surface area contributed by atoms with Crippen molar-refractivity contribution in [1.29, 1.82) is 0 Å². The van der Waals surface area contributed by atoms with E-state index in [0.29, 0.717) is 5.92 Å². The molecule has 0 aliphatic rings.